The highest BCUT2D eigenvalue weighted by Crippen LogP contribution is 2.18. The number of oxime groups is 1. The molecule has 0 saturated carbocycles. The van der Waals surface area contributed by atoms with Crippen LogP contribution >= 0.6 is 22.9 Å². The molecule has 128 valence electrons. The quantitative estimate of drug-likeness (QED) is 0.303. The van der Waals surface area contributed by atoms with Gasteiger partial charge >= 0.3 is 5.97 Å². The monoisotopic (exact) mass is 376 g/mol. The first-order valence-electron chi connectivity index (χ1n) is 7.17. The van der Waals surface area contributed by atoms with Gasteiger partial charge in [-0.15, -0.1) is 11.3 Å². The summed E-state index contributed by atoms with van der Waals surface area (Å²) in [4.78, 5) is 17.4. The summed E-state index contributed by atoms with van der Waals surface area (Å²) in [5.74, 6) is 0.506. The molecule has 2 N–H and O–H groups in total. The van der Waals surface area contributed by atoms with Crippen LogP contribution in [-0.4, -0.2) is 11.8 Å². The third-order valence-electron chi connectivity index (χ3n) is 3.06. The van der Waals surface area contributed by atoms with E-state index in [1.807, 2.05) is 11.4 Å². The van der Waals surface area contributed by atoms with Gasteiger partial charge in [0.1, 0.15) is 18.1 Å². The molecule has 3 rings (SSSR count). The molecule has 0 aliphatic carbocycles. The number of carbonyl (C=O) groups excluding carboxylic acids is 1. The van der Waals surface area contributed by atoms with Crippen molar-refractivity contribution < 1.29 is 18.8 Å². The number of rotatable bonds is 6. The fraction of sp³-hybridized carbons (Fsp3) is 0.0588. The van der Waals surface area contributed by atoms with Crippen molar-refractivity contribution in [2.75, 3.05) is 0 Å². The number of thiophene rings is 1. The number of hydrogen-bond donors (Lipinski definition) is 1. The number of furan rings is 1. The standard InChI is InChI=1S/C17H13ClN2O4S/c18-11-3-5-12(6-4-11)22-10-13-7-8-14(23-13)17(21)24-20-16(19)15-2-1-9-25-15/h1-9H,10H2,(H2,19,20). The third kappa shape index (κ3) is 4.62. The van der Waals surface area contributed by atoms with Crippen molar-refractivity contribution in [2.24, 2.45) is 10.9 Å². The second kappa shape index (κ2) is 7.87. The van der Waals surface area contributed by atoms with Crippen molar-refractivity contribution in [2.45, 2.75) is 6.61 Å². The number of nitrogens with zero attached hydrogens (tertiary/aromatic N) is 1. The van der Waals surface area contributed by atoms with Gasteiger partial charge in [0, 0.05) is 5.02 Å². The van der Waals surface area contributed by atoms with Gasteiger partial charge in [-0.1, -0.05) is 22.8 Å². The maximum Gasteiger partial charge on any atom is 0.400 e. The van der Waals surface area contributed by atoms with E-state index in [-0.39, 0.29) is 18.2 Å². The molecule has 0 atom stereocenters. The lowest BCUT2D eigenvalue weighted by Gasteiger charge is -2.03. The number of ether oxygens (including phenoxy) is 1. The van der Waals surface area contributed by atoms with Gasteiger partial charge in [0.2, 0.25) is 5.76 Å². The number of hydrogen-bond acceptors (Lipinski definition) is 6. The van der Waals surface area contributed by atoms with E-state index in [0.717, 1.165) is 0 Å². The van der Waals surface area contributed by atoms with Crippen LogP contribution in [0.15, 0.2) is 63.5 Å². The van der Waals surface area contributed by atoms with Crippen LogP contribution in [0, 0.1) is 0 Å². The minimum Gasteiger partial charge on any atom is -0.486 e. The van der Waals surface area contributed by atoms with E-state index in [1.54, 1.807) is 36.4 Å². The van der Waals surface area contributed by atoms with Gasteiger partial charge in [-0.05, 0) is 47.8 Å². The molecule has 25 heavy (non-hydrogen) atoms. The average molecular weight is 377 g/mol. The van der Waals surface area contributed by atoms with Crippen LogP contribution in [0.2, 0.25) is 5.02 Å². The van der Waals surface area contributed by atoms with Gasteiger partial charge in [0.05, 0.1) is 4.88 Å². The Labute approximate surface area is 152 Å². The fourth-order valence-electron chi connectivity index (χ4n) is 1.86. The third-order valence-corrected chi connectivity index (χ3v) is 4.20. The van der Waals surface area contributed by atoms with Crippen molar-refractivity contribution in [3.8, 4) is 5.75 Å². The molecule has 0 spiro atoms. The minimum atomic E-state index is -0.739. The number of nitrogens with two attached hydrogens (primary N) is 1. The summed E-state index contributed by atoms with van der Waals surface area (Å²) >= 11 is 7.20. The van der Waals surface area contributed by atoms with Crippen molar-refractivity contribution in [1.82, 2.24) is 0 Å². The Balaban J connectivity index is 1.56. The van der Waals surface area contributed by atoms with E-state index in [0.29, 0.717) is 21.4 Å². The molecule has 3 aromatic rings. The van der Waals surface area contributed by atoms with Gasteiger partial charge < -0.3 is 19.7 Å². The lowest BCUT2D eigenvalue weighted by atomic mass is 10.3. The van der Waals surface area contributed by atoms with E-state index in [4.69, 9.17) is 31.3 Å². The minimum absolute atomic E-state index is 0.0115. The van der Waals surface area contributed by atoms with Crippen LogP contribution in [0.5, 0.6) is 5.75 Å². The van der Waals surface area contributed by atoms with Crippen LogP contribution in [0.1, 0.15) is 21.2 Å². The molecule has 2 heterocycles. The number of halogens is 1. The summed E-state index contributed by atoms with van der Waals surface area (Å²) in [6.07, 6.45) is 0. The maximum atomic E-state index is 11.9. The Bertz CT molecular complexity index is 872. The molecule has 0 fully saturated rings. The molecular weight excluding hydrogens is 364 g/mol. The van der Waals surface area contributed by atoms with E-state index in [1.165, 1.54) is 17.4 Å². The molecule has 8 heteroatoms. The smallest absolute Gasteiger partial charge is 0.400 e. The number of benzene rings is 1. The van der Waals surface area contributed by atoms with E-state index < -0.39 is 5.97 Å². The Morgan fingerprint density at radius 2 is 2.00 bits per heavy atom. The molecule has 6 nitrogen and oxygen atoms in total. The van der Waals surface area contributed by atoms with Gasteiger partial charge in [-0.3, -0.25) is 0 Å². The Morgan fingerprint density at radius 3 is 2.72 bits per heavy atom. The van der Waals surface area contributed by atoms with E-state index >= 15 is 0 Å². The fourth-order valence-corrected chi connectivity index (χ4v) is 2.60. The van der Waals surface area contributed by atoms with E-state index in [2.05, 4.69) is 5.16 Å². The largest absolute Gasteiger partial charge is 0.486 e. The first-order valence-corrected chi connectivity index (χ1v) is 8.43. The topological polar surface area (TPSA) is 87.1 Å². The first-order chi connectivity index (χ1) is 12.1. The van der Waals surface area contributed by atoms with Crippen LogP contribution in [0.4, 0.5) is 0 Å². The SMILES string of the molecule is N/C(=N\OC(=O)c1ccc(COc2ccc(Cl)cc2)o1)c1cccs1. The van der Waals surface area contributed by atoms with Gasteiger partial charge in [0.25, 0.3) is 0 Å². The van der Waals surface area contributed by atoms with Crippen molar-refractivity contribution in [1.29, 1.82) is 0 Å². The second-order valence-corrected chi connectivity index (χ2v) is 6.23. The normalized spacial score (nSPS) is 11.3. The van der Waals surface area contributed by atoms with Crippen LogP contribution in [0.25, 0.3) is 0 Å². The van der Waals surface area contributed by atoms with Crippen molar-refractivity contribution in [3.05, 3.63) is 75.3 Å². The molecule has 0 aliphatic heterocycles. The molecule has 0 amide bonds. The average Bonchev–Trinajstić information content (AvgIpc) is 3.30. The Morgan fingerprint density at radius 1 is 1.20 bits per heavy atom. The van der Waals surface area contributed by atoms with Crippen molar-refractivity contribution >= 4 is 34.7 Å². The van der Waals surface area contributed by atoms with Crippen molar-refractivity contribution in [3.63, 3.8) is 0 Å². The maximum absolute atomic E-state index is 11.9. The zero-order chi connectivity index (χ0) is 17.6. The van der Waals surface area contributed by atoms with Crippen LogP contribution in [0.3, 0.4) is 0 Å². The number of carbonyl (C=O) groups is 1. The summed E-state index contributed by atoms with van der Waals surface area (Å²) in [6, 6.07) is 13.6. The molecule has 2 aromatic heterocycles. The molecule has 0 aliphatic rings. The number of amidine groups is 1. The van der Waals surface area contributed by atoms with Crippen LogP contribution in [-0.2, 0) is 11.4 Å². The predicted octanol–water partition coefficient (Wildman–Crippen LogP) is 4.05. The van der Waals surface area contributed by atoms with E-state index in [9.17, 15) is 4.79 Å². The molecule has 1 aromatic carbocycles. The molecule has 0 unspecified atom stereocenters. The second-order valence-electron chi connectivity index (χ2n) is 4.84. The van der Waals surface area contributed by atoms with Gasteiger partial charge in [-0.25, -0.2) is 4.79 Å². The zero-order valence-electron chi connectivity index (χ0n) is 12.8. The predicted molar refractivity (Wildman–Crippen MR) is 95.0 cm³/mol. The molecule has 0 radical (unpaired) electrons. The summed E-state index contributed by atoms with van der Waals surface area (Å²) in [5.41, 5.74) is 5.72. The molecular formula is C17H13ClN2O4S. The summed E-state index contributed by atoms with van der Waals surface area (Å²) < 4.78 is 10.9. The lowest BCUT2D eigenvalue weighted by Crippen LogP contribution is -2.13. The van der Waals surface area contributed by atoms with Crippen LogP contribution < -0.4 is 10.5 Å². The highest BCUT2D eigenvalue weighted by atomic mass is 35.5. The van der Waals surface area contributed by atoms with Gasteiger partial charge in [-0.2, -0.15) is 0 Å². The molecule has 0 saturated heterocycles. The summed E-state index contributed by atoms with van der Waals surface area (Å²) in [5, 5.41) is 6.07. The molecule has 0 bridgehead atoms. The summed E-state index contributed by atoms with van der Waals surface area (Å²) in [6.45, 7) is 0.162. The highest BCUT2D eigenvalue weighted by molar-refractivity contribution is 7.12. The highest BCUT2D eigenvalue weighted by Gasteiger charge is 2.14. The lowest BCUT2D eigenvalue weighted by molar-refractivity contribution is 0.0475. The Hall–Kier alpha value is -2.77. The Kier molecular flexibility index (Phi) is 5.37. The summed E-state index contributed by atoms with van der Waals surface area (Å²) in [7, 11) is 0. The first kappa shape index (κ1) is 17.1. The van der Waals surface area contributed by atoms with Gasteiger partial charge in [0.15, 0.2) is 5.84 Å². The zero-order valence-corrected chi connectivity index (χ0v) is 14.4.